The van der Waals surface area contributed by atoms with Crippen molar-refractivity contribution in [2.24, 2.45) is 20.4 Å². The molecule has 0 saturated heterocycles. The number of rotatable bonds is 5. The number of carboxylic acids is 1. The number of hydrogen-bond donors (Lipinski definition) is 5. The Morgan fingerprint density at radius 1 is 0.917 bits per heavy atom. The number of nitrogens with zero attached hydrogens (tertiary/aromatic N) is 4. The summed E-state index contributed by atoms with van der Waals surface area (Å²) in [6, 6.07) is 6.20. The molecule has 8 nitrogen and oxygen atoms in total. The van der Waals surface area contributed by atoms with E-state index in [1.807, 2.05) is 0 Å². The Balaban J connectivity index is 3.30. The maximum atomic E-state index is 11.0. The standard InChI is InChI=1S/C14H18N6O2S2/c1-8(17-19-13(23)15-2)11(18-20-14(24)16-3)9-4-6-10(7-5-9)12(21)22/h4-7H,1-3H3,(H,21,22)(H2,15,19,23)(H2,16,20,24)/b17-8+,18-11-. The Morgan fingerprint density at radius 3 is 1.83 bits per heavy atom. The molecule has 128 valence electrons. The topological polar surface area (TPSA) is 111 Å². The van der Waals surface area contributed by atoms with Gasteiger partial charge in [-0.05, 0) is 19.1 Å². The normalized spacial score (nSPS) is 13.7. The van der Waals surface area contributed by atoms with Crippen molar-refractivity contribution in [1.82, 2.24) is 10.6 Å². The average molecular weight is 366 g/mol. The molecular weight excluding hydrogens is 348 g/mol. The van der Waals surface area contributed by atoms with E-state index in [9.17, 15) is 4.79 Å². The molecule has 0 radical (unpaired) electrons. The Hall–Kier alpha value is -2.33. The highest BCUT2D eigenvalue weighted by Gasteiger charge is 2.10. The van der Waals surface area contributed by atoms with E-state index >= 15 is 0 Å². The van der Waals surface area contributed by atoms with Gasteiger partial charge < -0.3 is 15.7 Å². The maximum Gasteiger partial charge on any atom is 0.335 e. The minimum Gasteiger partial charge on any atom is -0.478 e. The van der Waals surface area contributed by atoms with Gasteiger partial charge in [-0.15, -0.1) is 40.6 Å². The zero-order chi connectivity index (χ0) is 18.1. The van der Waals surface area contributed by atoms with E-state index in [-0.39, 0.29) is 5.56 Å². The molecule has 0 spiro atoms. The van der Waals surface area contributed by atoms with Crippen LogP contribution in [0.25, 0.3) is 0 Å². The number of thiol groups is 2. The zero-order valence-corrected chi connectivity index (χ0v) is 15.1. The summed E-state index contributed by atoms with van der Waals surface area (Å²) < 4.78 is 0. The number of aromatic carboxylic acids is 1. The van der Waals surface area contributed by atoms with Crippen molar-refractivity contribution in [3.63, 3.8) is 0 Å². The van der Waals surface area contributed by atoms with Crippen molar-refractivity contribution in [3.05, 3.63) is 35.4 Å². The molecule has 1 aromatic rings. The van der Waals surface area contributed by atoms with Gasteiger partial charge in [0.2, 0.25) is 0 Å². The SMILES string of the molecule is CN/C(S)=N/N=C(C)/C(=N/N=C(\S)NC)c1ccc(C(=O)O)cc1. The fourth-order valence-electron chi connectivity index (χ4n) is 1.48. The van der Waals surface area contributed by atoms with Crippen LogP contribution in [0.5, 0.6) is 0 Å². The molecule has 3 N–H and O–H groups in total. The summed E-state index contributed by atoms with van der Waals surface area (Å²) in [5, 5.41) is 31.1. The van der Waals surface area contributed by atoms with Crippen molar-refractivity contribution in [2.75, 3.05) is 14.1 Å². The second kappa shape index (κ2) is 9.73. The van der Waals surface area contributed by atoms with Gasteiger partial charge in [0.25, 0.3) is 0 Å². The smallest absolute Gasteiger partial charge is 0.335 e. The molecule has 0 fully saturated rings. The molecule has 24 heavy (non-hydrogen) atoms. The molecule has 0 heterocycles. The quantitative estimate of drug-likeness (QED) is 0.235. The highest BCUT2D eigenvalue weighted by Crippen LogP contribution is 2.08. The van der Waals surface area contributed by atoms with Gasteiger partial charge in [0.05, 0.1) is 11.3 Å². The number of benzene rings is 1. The summed E-state index contributed by atoms with van der Waals surface area (Å²) in [5.41, 5.74) is 1.71. The lowest BCUT2D eigenvalue weighted by Crippen LogP contribution is -2.15. The molecule has 0 saturated carbocycles. The van der Waals surface area contributed by atoms with Gasteiger partial charge in [-0.25, -0.2) is 4.79 Å². The van der Waals surface area contributed by atoms with Gasteiger partial charge in [-0.1, -0.05) is 12.1 Å². The van der Waals surface area contributed by atoms with E-state index in [4.69, 9.17) is 5.11 Å². The maximum absolute atomic E-state index is 11.0. The third-order valence-electron chi connectivity index (χ3n) is 2.73. The summed E-state index contributed by atoms with van der Waals surface area (Å²) >= 11 is 8.17. The summed E-state index contributed by atoms with van der Waals surface area (Å²) in [6.07, 6.45) is 0. The van der Waals surface area contributed by atoms with Crippen LogP contribution in [0.3, 0.4) is 0 Å². The molecule has 0 amide bonds. The predicted molar refractivity (Wildman–Crippen MR) is 104 cm³/mol. The van der Waals surface area contributed by atoms with Crippen molar-refractivity contribution >= 4 is 53.0 Å². The molecule has 0 aliphatic heterocycles. The van der Waals surface area contributed by atoms with Crippen molar-refractivity contribution in [3.8, 4) is 0 Å². The lowest BCUT2D eigenvalue weighted by Gasteiger charge is -2.05. The second-order valence-electron chi connectivity index (χ2n) is 4.36. The summed E-state index contributed by atoms with van der Waals surface area (Å²) in [4.78, 5) is 11.0. The Bertz CT molecular complexity index is 710. The van der Waals surface area contributed by atoms with Crippen LogP contribution >= 0.6 is 25.3 Å². The number of amidine groups is 2. The summed E-state index contributed by atoms with van der Waals surface area (Å²) in [5.74, 6) is -1.00. The van der Waals surface area contributed by atoms with Crippen LogP contribution in [0.1, 0.15) is 22.8 Å². The van der Waals surface area contributed by atoms with Crippen LogP contribution in [0, 0.1) is 0 Å². The van der Waals surface area contributed by atoms with E-state index in [1.165, 1.54) is 12.1 Å². The van der Waals surface area contributed by atoms with E-state index in [0.717, 1.165) is 0 Å². The largest absolute Gasteiger partial charge is 0.478 e. The van der Waals surface area contributed by atoms with Gasteiger partial charge >= 0.3 is 5.97 Å². The van der Waals surface area contributed by atoms with Gasteiger partial charge in [0, 0.05) is 19.7 Å². The third kappa shape index (κ3) is 6.05. The highest BCUT2D eigenvalue weighted by atomic mass is 32.1. The van der Waals surface area contributed by atoms with E-state index in [2.05, 4.69) is 56.3 Å². The Kier molecular flexibility index (Phi) is 7.99. The molecule has 0 atom stereocenters. The lowest BCUT2D eigenvalue weighted by molar-refractivity contribution is 0.0697. The average Bonchev–Trinajstić information content (AvgIpc) is 2.59. The number of carboxylic acid groups (broad SMARTS) is 1. The van der Waals surface area contributed by atoms with Crippen molar-refractivity contribution < 1.29 is 9.90 Å². The second-order valence-corrected chi connectivity index (χ2v) is 5.21. The first-order valence-corrected chi connectivity index (χ1v) is 7.64. The van der Waals surface area contributed by atoms with Crippen LogP contribution < -0.4 is 10.6 Å². The molecule has 1 rings (SSSR count). The molecule has 0 aliphatic rings. The molecule has 1 aromatic carbocycles. The van der Waals surface area contributed by atoms with Crippen LogP contribution in [-0.2, 0) is 0 Å². The third-order valence-corrected chi connectivity index (χ3v) is 3.36. The molecule has 0 unspecified atom stereocenters. The molecule has 0 aromatic heterocycles. The summed E-state index contributed by atoms with van der Waals surface area (Å²) in [7, 11) is 3.33. The van der Waals surface area contributed by atoms with E-state index in [1.54, 1.807) is 33.2 Å². The first-order chi connectivity index (χ1) is 11.4. The number of hydrogen-bond acceptors (Lipinski definition) is 5. The van der Waals surface area contributed by atoms with Crippen LogP contribution in [0.2, 0.25) is 0 Å². The molecule has 0 aliphatic carbocycles. The van der Waals surface area contributed by atoms with E-state index in [0.29, 0.717) is 27.3 Å². The van der Waals surface area contributed by atoms with Gasteiger partial charge in [0.15, 0.2) is 10.3 Å². The highest BCUT2D eigenvalue weighted by molar-refractivity contribution is 7.97. The van der Waals surface area contributed by atoms with Crippen molar-refractivity contribution in [1.29, 1.82) is 0 Å². The monoisotopic (exact) mass is 366 g/mol. The Labute approximate surface area is 150 Å². The van der Waals surface area contributed by atoms with Crippen molar-refractivity contribution in [2.45, 2.75) is 6.92 Å². The molecular formula is C14H18N6O2S2. The fraction of sp³-hybridized carbons (Fsp3) is 0.214. The van der Waals surface area contributed by atoms with E-state index < -0.39 is 5.97 Å². The minimum absolute atomic E-state index is 0.173. The lowest BCUT2D eigenvalue weighted by atomic mass is 10.0. The van der Waals surface area contributed by atoms with Gasteiger partial charge in [-0.3, -0.25) is 0 Å². The minimum atomic E-state index is -1.00. The van der Waals surface area contributed by atoms with Crippen LogP contribution in [-0.4, -0.2) is 46.9 Å². The Morgan fingerprint density at radius 2 is 1.38 bits per heavy atom. The molecule has 10 heteroatoms. The fourth-order valence-corrected chi connectivity index (χ4v) is 1.57. The zero-order valence-electron chi connectivity index (χ0n) is 13.3. The number of carbonyl (C=O) groups is 1. The van der Waals surface area contributed by atoms with Gasteiger partial charge in [-0.2, -0.15) is 5.10 Å². The van der Waals surface area contributed by atoms with Crippen LogP contribution in [0.15, 0.2) is 44.7 Å². The first kappa shape index (κ1) is 19.7. The summed E-state index contributed by atoms with van der Waals surface area (Å²) in [6.45, 7) is 1.71. The van der Waals surface area contributed by atoms with Crippen LogP contribution in [0.4, 0.5) is 0 Å². The molecule has 0 bridgehead atoms. The predicted octanol–water partition coefficient (Wildman–Crippen LogP) is 1.48. The number of nitrogens with one attached hydrogen (secondary N) is 2. The van der Waals surface area contributed by atoms with Gasteiger partial charge in [0.1, 0.15) is 5.71 Å². The first-order valence-electron chi connectivity index (χ1n) is 6.74.